The number of carbonyl (C=O) groups excluding carboxylic acids is 1. The van der Waals surface area contributed by atoms with Gasteiger partial charge < -0.3 is 13.9 Å². The molecule has 0 unspecified atom stereocenters. The first-order valence-corrected chi connectivity index (χ1v) is 9.51. The van der Waals surface area contributed by atoms with Gasteiger partial charge >= 0.3 is 5.63 Å². The van der Waals surface area contributed by atoms with Crippen LogP contribution in [0.3, 0.4) is 0 Å². The highest BCUT2D eigenvalue weighted by Gasteiger charge is 2.23. The van der Waals surface area contributed by atoms with Crippen molar-refractivity contribution < 1.29 is 27.1 Å². The molecule has 0 saturated heterocycles. The Morgan fingerprint density at radius 3 is 2.22 bits per heavy atom. The van der Waals surface area contributed by atoms with E-state index >= 15 is 0 Å². The first-order valence-electron chi connectivity index (χ1n) is 7.86. The lowest BCUT2D eigenvalue weighted by atomic mass is 10.1. The Bertz CT molecular complexity index is 1160. The normalized spacial score (nSPS) is 11.3. The van der Waals surface area contributed by atoms with Crippen molar-refractivity contribution >= 4 is 26.6 Å². The van der Waals surface area contributed by atoms with E-state index in [1.165, 1.54) is 50.6 Å². The van der Waals surface area contributed by atoms with Gasteiger partial charge in [-0.1, -0.05) is 0 Å². The lowest BCUT2D eigenvalue weighted by Crippen LogP contribution is -2.22. The molecular formula is C19H16O7S. The first-order chi connectivity index (χ1) is 12.8. The summed E-state index contributed by atoms with van der Waals surface area (Å²) >= 11 is 0. The highest BCUT2D eigenvalue weighted by Crippen LogP contribution is 2.21. The van der Waals surface area contributed by atoms with E-state index in [1.807, 2.05) is 0 Å². The molecule has 0 saturated carbocycles. The van der Waals surface area contributed by atoms with Crippen molar-refractivity contribution in [2.45, 2.75) is 4.90 Å². The van der Waals surface area contributed by atoms with Gasteiger partial charge in [0.2, 0.25) is 0 Å². The first kappa shape index (κ1) is 18.7. The van der Waals surface area contributed by atoms with Crippen molar-refractivity contribution in [3.8, 4) is 11.5 Å². The summed E-state index contributed by atoms with van der Waals surface area (Å²) in [7, 11) is -0.986. The SMILES string of the molecule is COc1ccc(S(=O)(=O)CC(=O)c2cc3ccc(OC)cc3oc2=O)cc1. The van der Waals surface area contributed by atoms with Crippen LogP contribution >= 0.6 is 0 Å². The molecule has 0 atom stereocenters. The molecule has 1 heterocycles. The standard InChI is InChI=1S/C19H16O7S/c1-24-13-5-7-15(8-6-13)27(22,23)11-17(20)16-9-12-3-4-14(25-2)10-18(12)26-19(16)21/h3-10H,11H2,1-2H3. The topological polar surface area (TPSA) is 99.9 Å². The number of ether oxygens (including phenoxy) is 2. The van der Waals surface area contributed by atoms with Crippen LogP contribution in [0.15, 0.2) is 62.6 Å². The molecule has 3 rings (SSSR count). The Labute approximate surface area is 155 Å². The maximum absolute atomic E-state index is 12.5. The van der Waals surface area contributed by atoms with Crippen LogP contribution in [0, 0.1) is 0 Å². The van der Waals surface area contributed by atoms with E-state index < -0.39 is 27.0 Å². The zero-order chi connectivity index (χ0) is 19.6. The second-order valence-corrected chi connectivity index (χ2v) is 7.70. The molecular weight excluding hydrogens is 372 g/mol. The van der Waals surface area contributed by atoms with Gasteiger partial charge in [0.05, 0.1) is 19.1 Å². The summed E-state index contributed by atoms with van der Waals surface area (Å²) in [6, 6.07) is 11.7. The lowest BCUT2D eigenvalue weighted by Gasteiger charge is -2.06. The summed E-state index contributed by atoms with van der Waals surface area (Å²) in [4.78, 5) is 24.6. The summed E-state index contributed by atoms with van der Waals surface area (Å²) in [6.45, 7) is 0. The zero-order valence-electron chi connectivity index (χ0n) is 14.6. The minimum atomic E-state index is -3.92. The van der Waals surface area contributed by atoms with Gasteiger partial charge in [0.1, 0.15) is 28.4 Å². The van der Waals surface area contributed by atoms with Gasteiger partial charge in [-0.15, -0.1) is 0 Å². The molecule has 7 nitrogen and oxygen atoms in total. The molecule has 8 heteroatoms. The number of fused-ring (bicyclic) bond motifs is 1. The van der Waals surface area contributed by atoms with Crippen molar-refractivity contribution in [2.24, 2.45) is 0 Å². The van der Waals surface area contributed by atoms with Crippen LogP contribution in [-0.4, -0.2) is 34.2 Å². The molecule has 2 aromatic carbocycles. The Balaban J connectivity index is 1.92. The van der Waals surface area contributed by atoms with E-state index in [2.05, 4.69) is 0 Å². The Kier molecular flexibility index (Phi) is 5.00. The van der Waals surface area contributed by atoms with Gasteiger partial charge in [0.15, 0.2) is 15.6 Å². The summed E-state index contributed by atoms with van der Waals surface area (Å²) in [5, 5.41) is 0.487. The lowest BCUT2D eigenvalue weighted by molar-refractivity contribution is 0.101. The average Bonchev–Trinajstić information content (AvgIpc) is 2.66. The fraction of sp³-hybridized carbons (Fsp3) is 0.158. The predicted octanol–water partition coefficient (Wildman–Crippen LogP) is 2.47. The third kappa shape index (κ3) is 3.85. The number of rotatable bonds is 6. The molecule has 0 N–H and O–H groups in total. The molecule has 0 aliphatic heterocycles. The van der Waals surface area contributed by atoms with Gasteiger partial charge in [-0.05, 0) is 42.5 Å². The number of hydrogen-bond donors (Lipinski definition) is 0. The summed E-state index contributed by atoms with van der Waals surface area (Å²) in [6.07, 6.45) is 0. The van der Waals surface area contributed by atoms with Gasteiger partial charge in [-0.3, -0.25) is 4.79 Å². The van der Waals surface area contributed by atoms with E-state index in [9.17, 15) is 18.0 Å². The minimum absolute atomic E-state index is 0.0356. The number of hydrogen-bond acceptors (Lipinski definition) is 7. The van der Waals surface area contributed by atoms with E-state index in [-0.39, 0.29) is 16.0 Å². The predicted molar refractivity (Wildman–Crippen MR) is 98.4 cm³/mol. The fourth-order valence-corrected chi connectivity index (χ4v) is 3.75. The average molecular weight is 388 g/mol. The van der Waals surface area contributed by atoms with E-state index in [4.69, 9.17) is 13.9 Å². The largest absolute Gasteiger partial charge is 0.497 e. The molecule has 3 aromatic rings. The quantitative estimate of drug-likeness (QED) is 0.472. The van der Waals surface area contributed by atoms with Gasteiger partial charge in [0, 0.05) is 11.5 Å². The molecule has 1 aromatic heterocycles. The van der Waals surface area contributed by atoms with Crippen molar-refractivity contribution in [1.82, 2.24) is 0 Å². The van der Waals surface area contributed by atoms with Crippen LogP contribution < -0.4 is 15.1 Å². The van der Waals surface area contributed by atoms with Gasteiger partial charge in [-0.25, -0.2) is 13.2 Å². The molecule has 0 amide bonds. The minimum Gasteiger partial charge on any atom is -0.497 e. The summed E-state index contributed by atoms with van der Waals surface area (Å²) in [5.41, 5.74) is -0.968. The molecule has 0 aliphatic carbocycles. The maximum atomic E-state index is 12.5. The van der Waals surface area contributed by atoms with Crippen LogP contribution in [0.2, 0.25) is 0 Å². The Morgan fingerprint density at radius 1 is 0.963 bits per heavy atom. The summed E-state index contributed by atoms with van der Waals surface area (Å²) < 4.78 is 40.1. The smallest absolute Gasteiger partial charge is 0.347 e. The van der Waals surface area contributed by atoms with E-state index in [0.29, 0.717) is 16.9 Å². The number of sulfone groups is 1. The van der Waals surface area contributed by atoms with Crippen LogP contribution in [-0.2, 0) is 9.84 Å². The number of methoxy groups -OCH3 is 2. The van der Waals surface area contributed by atoms with E-state index in [0.717, 1.165) is 0 Å². The van der Waals surface area contributed by atoms with Crippen molar-refractivity contribution in [3.05, 3.63) is 64.5 Å². The second-order valence-electron chi connectivity index (χ2n) is 5.71. The highest BCUT2D eigenvalue weighted by atomic mass is 32.2. The molecule has 0 spiro atoms. The summed E-state index contributed by atoms with van der Waals surface area (Å²) in [5.74, 6) is -0.693. The number of benzene rings is 2. The maximum Gasteiger partial charge on any atom is 0.347 e. The molecule has 0 fully saturated rings. The molecule has 27 heavy (non-hydrogen) atoms. The second kappa shape index (κ2) is 7.24. The highest BCUT2D eigenvalue weighted by molar-refractivity contribution is 7.92. The van der Waals surface area contributed by atoms with Crippen molar-refractivity contribution in [2.75, 3.05) is 20.0 Å². The van der Waals surface area contributed by atoms with Gasteiger partial charge in [-0.2, -0.15) is 0 Å². The van der Waals surface area contributed by atoms with Crippen molar-refractivity contribution in [1.29, 1.82) is 0 Å². The van der Waals surface area contributed by atoms with Crippen molar-refractivity contribution in [3.63, 3.8) is 0 Å². The van der Waals surface area contributed by atoms with Crippen LogP contribution in [0.5, 0.6) is 11.5 Å². The number of ketones is 1. The fourth-order valence-electron chi connectivity index (χ4n) is 2.53. The van der Waals surface area contributed by atoms with Gasteiger partial charge in [0.25, 0.3) is 0 Å². The van der Waals surface area contributed by atoms with E-state index in [1.54, 1.807) is 12.1 Å². The number of Topliss-reactive ketones (excluding diaryl/α,β-unsaturated/α-hetero) is 1. The third-order valence-corrected chi connectivity index (χ3v) is 5.62. The molecule has 0 radical (unpaired) electrons. The Hall–Kier alpha value is -3.13. The third-order valence-electron chi connectivity index (χ3n) is 3.98. The Morgan fingerprint density at radius 2 is 1.59 bits per heavy atom. The molecule has 0 aliphatic rings. The van der Waals surface area contributed by atoms with Crippen LogP contribution in [0.1, 0.15) is 10.4 Å². The molecule has 0 bridgehead atoms. The number of carbonyl (C=O) groups is 1. The zero-order valence-corrected chi connectivity index (χ0v) is 15.4. The van der Waals surface area contributed by atoms with Crippen LogP contribution in [0.4, 0.5) is 0 Å². The van der Waals surface area contributed by atoms with Crippen LogP contribution in [0.25, 0.3) is 11.0 Å². The monoisotopic (exact) mass is 388 g/mol. The molecule has 140 valence electrons.